The van der Waals surface area contributed by atoms with Crippen molar-refractivity contribution in [2.75, 3.05) is 11.5 Å². The Morgan fingerprint density at radius 3 is 2.44 bits per heavy atom. The summed E-state index contributed by atoms with van der Waals surface area (Å²) < 4.78 is 77.6. The van der Waals surface area contributed by atoms with Gasteiger partial charge >= 0.3 is 12.4 Å². The first-order valence-corrected chi connectivity index (χ1v) is 9.18. The normalized spacial score (nSPS) is 12.7. The molecule has 27 heavy (non-hydrogen) atoms. The first-order chi connectivity index (χ1) is 12.5. The number of halogens is 6. The summed E-state index contributed by atoms with van der Waals surface area (Å²) in [5.74, 6) is -0.0856. The molecule has 0 radical (unpaired) electrons. The van der Waals surface area contributed by atoms with Crippen LogP contribution >= 0.6 is 23.1 Å². The second-order valence-corrected chi connectivity index (χ2v) is 7.35. The summed E-state index contributed by atoms with van der Waals surface area (Å²) in [5.41, 5.74) is 3.88. The molecule has 0 aliphatic rings. The average molecular weight is 424 g/mol. The molecule has 0 aliphatic heterocycles. The fraction of sp³-hybridized carbons (Fsp3) is 0.267. The van der Waals surface area contributed by atoms with Crippen LogP contribution in [0.15, 0.2) is 28.9 Å². The second kappa shape index (κ2) is 7.15. The van der Waals surface area contributed by atoms with Gasteiger partial charge in [0.2, 0.25) is 0 Å². The number of aryl methyl sites for hydroxylation is 1. The average Bonchev–Trinajstić information content (AvgIpc) is 2.97. The maximum Gasteiger partial charge on any atom is 0.433 e. The molecule has 0 aromatic carbocycles. The number of hydrogen-bond acceptors (Lipinski definition) is 6. The molecule has 144 valence electrons. The predicted octanol–water partition coefficient (Wildman–Crippen LogP) is 5.04. The summed E-state index contributed by atoms with van der Waals surface area (Å²) in [6.07, 6.45) is -7.53. The minimum absolute atomic E-state index is 0.0575. The van der Waals surface area contributed by atoms with Crippen LogP contribution in [-0.4, -0.2) is 20.7 Å². The number of anilines is 1. The van der Waals surface area contributed by atoms with Crippen LogP contribution in [0.5, 0.6) is 0 Å². The number of nitrogen functional groups attached to an aromatic ring is 1. The summed E-state index contributed by atoms with van der Waals surface area (Å²) in [4.78, 5) is 11.2. The zero-order chi connectivity index (χ0) is 19.8. The van der Waals surface area contributed by atoms with Crippen LogP contribution in [-0.2, 0) is 18.8 Å². The monoisotopic (exact) mass is 424 g/mol. The van der Waals surface area contributed by atoms with Gasteiger partial charge in [-0.1, -0.05) is 11.8 Å². The van der Waals surface area contributed by atoms with Crippen molar-refractivity contribution in [2.45, 2.75) is 23.9 Å². The molecule has 0 aliphatic carbocycles. The zero-order valence-electron chi connectivity index (χ0n) is 13.2. The second-order valence-electron chi connectivity index (χ2n) is 5.38. The van der Waals surface area contributed by atoms with Crippen LogP contribution in [0.25, 0.3) is 10.1 Å². The number of thioether (sulfide) groups is 1. The van der Waals surface area contributed by atoms with Crippen molar-refractivity contribution in [2.24, 2.45) is 0 Å². The molecule has 3 aromatic heterocycles. The van der Waals surface area contributed by atoms with E-state index in [4.69, 9.17) is 5.73 Å². The molecular weight excluding hydrogens is 414 g/mol. The van der Waals surface area contributed by atoms with Crippen molar-refractivity contribution in [1.29, 1.82) is 0 Å². The first-order valence-electron chi connectivity index (χ1n) is 7.32. The van der Waals surface area contributed by atoms with E-state index in [0.717, 1.165) is 28.5 Å². The summed E-state index contributed by atoms with van der Waals surface area (Å²) in [6.45, 7) is 0. The molecule has 0 unspecified atom stereocenters. The van der Waals surface area contributed by atoms with E-state index >= 15 is 0 Å². The zero-order valence-corrected chi connectivity index (χ0v) is 14.9. The number of fused-ring (bicyclic) bond motifs is 1. The Balaban J connectivity index is 1.73. The molecule has 0 bridgehead atoms. The SMILES string of the molecule is Nc1cc(C(F)(F)F)nc(SCCc2cc3c(C(F)(F)F)csc3cn2)n1. The highest BCUT2D eigenvalue weighted by atomic mass is 32.2. The van der Waals surface area contributed by atoms with Crippen LogP contribution in [0.4, 0.5) is 32.2 Å². The molecule has 0 saturated heterocycles. The van der Waals surface area contributed by atoms with Crippen LogP contribution in [0.1, 0.15) is 17.0 Å². The quantitative estimate of drug-likeness (QED) is 0.361. The minimum atomic E-state index is -4.65. The first kappa shape index (κ1) is 19.7. The van der Waals surface area contributed by atoms with Gasteiger partial charge in [-0.05, 0) is 12.5 Å². The standard InChI is InChI=1S/C15H10F6N4S2/c16-14(17,18)9-6-27-10-5-23-7(3-8(9)10)1-2-26-13-24-11(15(19,20)21)4-12(22)25-13/h3-6H,1-2H2,(H2,22,24,25). The molecule has 0 amide bonds. The van der Waals surface area contributed by atoms with E-state index in [1.54, 1.807) is 0 Å². The Kier molecular flexibility index (Phi) is 5.21. The molecule has 2 N–H and O–H groups in total. The van der Waals surface area contributed by atoms with Crippen molar-refractivity contribution in [3.05, 3.63) is 40.7 Å². The van der Waals surface area contributed by atoms with Gasteiger partial charge in [-0.3, -0.25) is 4.98 Å². The Labute approximate surface area is 156 Å². The van der Waals surface area contributed by atoms with Crippen LogP contribution in [0.3, 0.4) is 0 Å². The Morgan fingerprint density at radius 2 is 1.78 bits per heavy atom. The Bertz CT molecular complexity index is 967. The molecule has 0 spiro atoms. The van der Waals surface area contributed by atoms with Crippen LogP contribution in [0, 0.1) is 0 Å². The van der Waals surface area contributed by atoms with Gasteiger partial charge in [-0.2, -0.15) is 26.3 Å². The molecule has 0 saturated carbocycles. The topological polar surface area (TPSA) is 64.7 Å². The Hall–Kier alpha value is -2.08. The largest absolute Gasteiger partial charge is 0.433 e. The lowest BCUT2D eigenvalue weighted by molar-refractivity contribution is -0.141. The number of nitrogens with two attached hydrogens (primary N) is 1. The van der Waals surface area contributed by atoms with E-state index in [1.165, 1.54) is 12.3 Å². The highest BCUT2D eigenvalue weighted by molar-refractivity contribution is 7.99. The number of rotatable bonds is 4. The van der Waals surface area contributed by atoms with Gasteiger partial charge in [0.25, 0.3) is 0 Å². The van der Waals surface area contributed by atoms with Gasteiger partial charge in [-0.15, -0.1) is 11.3 Å². The minimum Gasteiger partial charge on any atom is -0.384 e. The van der Waals surface area contributed by atoms with Crippen molar-refractivity contribution in [1.82, 2.24) is 15.0 Å². The third-order valence-electron chi connectivity index (χ3n) is 3.43. The lowest BCUT2D eigenvalue weighted by Gasteiger charge is -2.08. The fourth-order valence-corrected chi connectivity index (χ4v) is 3.97. The van der Waals surface area contributed by atoms with Gasteiger partial charge in [0.05, 0.1) is 10.3 Å². The maximum absolute atomic E-state index is 13.0. The van der Waals surface area contributed by atoms with Crippen LogP contribution in [0.2, 0.25) is 0 Å². The van der Waals surface area contributed by atoms with Crippen molar-refractivity contribution in [3.8, 4) is 0 Å². The van der Waals surface area contributed by atoms with Crippen molar-refractivity contribution in [3.63, 3.8) is 0 Å². The molecule has 12 heteroatoms. The summed E-state index contributed by atoms with van der Waals surface area (Å²) >= 11 is 1.86. The van der Waals surface area contributed by atoms with E-state index < -0.39 is 23.6 Å². The third kappa shape index (κ3) is 4.61. The molecule has 3 rings (SSSR count). The van der Waals surface area contributed by atoms with Gasteiger partial charge in [0, 0.05) is 34.5 Å². The highest BCUT2D eigenvalue weighted by Gasteiger charge is 2.34. The van der Waals surface area contributed by atoms with Gasteiger partial charge in [0.1, 0.15) is 5.82 Å². The van der Waals surface area contributed by atoms with E-state index in [1.807, 2.05) is 0 Å². The van der Waals surface area contributed by atoms with Crippen molar-refractivity contribution >= 4 is 39.0 Å². The Morgan fingerprint density at radius 1 is 1.04 bits per heavy atom. The summed E-state index contributed by atoms with van der Waals surface area (Å²) in [6, 6.07) is 1.98. The smallest absolute Gasteiger partial charge is 0.384 e. The van der Waals surface area contributed by atoms with E-state index in [2.05, 4.69) is 15.0 Å². The summed E-state index contributed by atoms with van der Waals surface area (Å²) in [7, 11) is 0. The van der Waals surface area contributed by atoms with Gasteiger partial charge in [-0.25, -0.2) is 9.97 Å². The molecule has 3 aromatic rings. The maximum atomic E-state index is 13.0. The summed E-state index contributed by atoms with van der Waals surface area (Å²) in [5, 5.41) is 0.932. The molecule has 0 atom stereocenters. The lowest BCUT2D eigenvalue weighted by Crippen LogP contribution is -2.11. The number of pyridine rings is 1. The number of aromatic nitrogens is 3. The van der Waals surface area contributed by atoms with Gasteiger partial charge < -0.3 is 5.73 Å². The van der Waals surface area contributed by atoms with Crippen LogP contribution < -0.4 is 5.73 Å². The number of hydrogen-bond donors (Lipinski definition) is 1. The van der Waals surface area contributed by atoms with E-state index in [0.29, 0.717) is 16.5 Å². The van der Waals surface area contributed by atoms with E-state index in [-0.39, 0.29) is 28.5 Å². The third-order valence-corrected chi connectivity index (χ3v) is 5.21. The number of alkyl halides is 6. The molecule has 0 fully saturated rings. The van der Waals surface area contributed by atoms with Crippen molar-refractivity contribution < 1.29 is 26.3 Å². The number of nitrogens with zero attached hydrogens (tertiary/aromatic N) is 3. The molecule has 4 nitrogen and oxygen atoms in total. The van der Waals surface area contributed by atoms with E-state index in [9.17, 15) is 26.3 Å². The highest BCUT2D eigenvalue weighted by Crippen LogP contribution is 2.38. The lowest BCUT2D eigenvalue weighted by atomic mass is 10.1. The molecular formula is C15H10F6N4S2. The van der Waals surface area contributed by atoms with Gasteiger partial charge in [0.15, 0.2) is 10.9 Å². The predicted molar refractivity (Wildman–Crippen MR) is 90.5 cm³/mol. The molecule has 3 heterocycles. The fourth-order valence-electron chi connectivity index (χ4n) is 2.23. The number of thiophene rings is 1.